The number of hydrogen-bond donors (Lipinski definition) is 1. The van der Waals surface area contributed by atoms with Gasteiger partial charge in [-0.1, -0.05) is 19.9 Å². The zero-order valence-corrected chi connectivity index (χ0v) is 11.8. The Morgan fingerprint density at radius 1 is 1.32 bits per heavy atom. The molecule has 0 saturated carbocycles. The maximum absolute atomic E-state index is 11.9. The van der Waals surface area contributed by atoms with E-state index >= 15 is 0 Å². The summed E-state index contributed by atoms with van der Waals surface area (Å²) in [5, 5.41) is 3.41. The molecule has 0 bridgehead atoms. The molecule has 2 aromatic heterocycles. The lowest BCUT2D eigenvalue weighted by Gasteiger charge is -2.15. The van der Waals surface area contributed by atoms with E-state index in [0.29, 0.717) is 24.2 Å². The van der Waals surface area contributed by atoms with Gasteiger partial charge in [-0.05, 0) is 31.4 Å². The third-order valence-corrected chi connectivity index (χ3v) is 3.08. The van der Waals surface area contributed by atoms with Crippen LogP contribution in [0.1, 0.15) is 32.9 Å². The molecule has 1 atom stereocenters. The van der Waals surface area contributed by atoms with Crippen LogP contribution in [0.2, 0.25) is 0 Å². The van der Waals surface area contributed by atoms with Gasteiger partial charge in [-0.3, -0.25) is 9.20 Å². The number of aromatic nitrogens is 2. The lowest BCUT2D eigenvalue weighted by Crippen LogP contribution is -2.28. The summed E-state index contributed by atoms with van der Waals surface area (Å²) in [7, 11) is 0. The van der Waals surface area contributed by atoms with Crippen molar-refractivity contribution in [3.05, 3.63) is 46.5 Å². The van der Waals surface area contributed by atoms with Gasteiger partial charge in [-0.25, -0.2) is 4.98 Å². The molecule has 0 radical (unpaired) electrons. The average molecular weight is 259 g/mol. The van der Waals surface area contributed by atoms with E-state index in [4.69, 9.17) is 0 Å². The largest absolute Gasteiger partial charge is 0.309 e. The zero-order chi connectivity index (χ0) is 13.8. The van der Waals surface area contributed by atoms with Crippen LogP contribution in [0, 0.1) is 5.92 Å². The number of rotatable bonds is 5. The monoisotopic (exact) mass is 259 g/mol. The van der Waals surface area contributed by atoms with Gasteiger partial charge in [0, 0.05) is 24.8 Å². The topological polar surface area (TPSA) is 46.4 Å². The molecule has 0 spiro atoms. The van der Waals surface area contributed by atoms with Crippen LogP contribution in [-0.4, -0.2) is 15.4 Å². The molecule has 4 heteroatoms. The Hall–Kier alpha value is -1.68. The van der Waals surface area contributed by atoms with E-state index in [9.17, 15) is 4.79 Å². The van der Waals surface area contributed by atoms with Crippen LogP contribution >= 0.6 is 0 Å². The Labute approximate surface area is 113 Å². The van der Waals surface area contributed by atoms with Crippen molar-refractivity contribution in [2.45, 2.75) is 39.8 Å². The summed E-state index contributed by atoms with van der Waals surface area (Å²) >= 11 is 0. The molecule has 0 aliphatic heterocycles. The van der Waals surface area contributed by atoms with Gasteiger partial charge in [0.2, 0.25) is 0 Å². The molecule has 19 heavy (non-hydrogen) atoms. The molecule has 1 N–H and O–H groups in total. The third-order valence-electron chi connectivity index (χ3n) is 3.08. The minimum atomic E-state index is -0.0288. The van der Waals surface area contributed by atoms with Crippen molar-refractivity contribution in [3.63, 3.8) is 0 Å². The van der Waals surface area contributed by atoms with Gasteiger partial charge in [-0.15, -0.1) is 0 Å². The second-order valence-corrected chi connectivity index (χ2v) is 5.43. The van der Waals surface area contributed by atoms with Gasteiger partial charge in [0.05, 0.1) is 5.69 Å². The molecule has 0 aliphatic carbocycles. The highest BCUT2D eigenvalue weighted by atomic mass is 16.1. The van der Waals surface area contributed by atoms with Crippen LogP contribution in [-0.2, 0) is 6.54 Å². The first-order valence-electron chi connectivity index (χ1n) is 6.77. The van der Waals surface area contributed by atoms with Crippen molar-refractivity contribution in [1.82, 2.24) is 14.7 Å². The maximum Gasteiger partial charge on any atom is 0.258 e. The normalized spacial score (nSPS) is 13.1. The molecule has 2 aromatic rings. The molecule has 0 aliphatic rings. The minimum absolute atomic E-state index is 0.0288. The molecule has 4 nitrogen and oxygen atoms in total. The Bertz CT molecular complexity index is 604. The Balaban J connectivity index is 2.11. The molecule has 0 saturated heterocycles. The molecular weight excluding hydrogens is 238 g/mol. The van der Waals surface area contributed by atoms with Crippen molar-refractivity contribution >= 4 is 5.65 Å². The van der Waals surface area contributed by atoms with Crippen LogP contribution in [0.25, 0.3) is 5.65 Å². The second-order valence-electron chi connectivity index (χ2n) is 5.43. The van der Waals surface area contributed by atoms with E-state index in [1.165, 1.54) is 0 Å². The van der Waals surface area contributed by atoms with E-state index in [-0.39, 0.29) is 5.56 Å². The van der Waals surface area contributed by atoms with Gasteiger partial charge in [0.25, 0.3) is 5.56 Å². The smallest absolute Gasteiger partial charge is 0.258 e. The Morgan fingerprint density at radius 3 is 2.84 bits per heavy atom. The average Bonchev–Trinajstić information content (AvgIpc) is 2.36. The number of hydrogen-bond acceptors (Lipinski definition) is 3. The lowest BCUT2D eigenvalue weighted by atomic mass is 10.1. The Morgan fingerprint density at radius 2 is 2.11 bits per heavy atom. The molecule has 0 amide bonds. The summed E-state index contributed by atoms with van der Waals surface area (Å²) < 4.78 is 1.56. The van der Waals surface area contributed by atoms with Crippen molar-refractivity contribution < 1.29 is 0 Å². The fourth-order valence-corrected chi connectivity index (χ4v) is 2.26. The molecule has 2 heterocycles. The number of nitrogens with zero attached hydrogens (tertiary/aromatic N) is 2. The van der Waals surface area contributed by atoms with Crippen LogP contribution < -0.4 is 10.9 Å². The lowest BCUT2D eigenvalue weighted by molar-refractivity contribution is 0.439. The summed E-state index contributed by atoms with van der Waals surface area (Å²) in [5.41, 5.74) is 1.47. The van der Waals surface area contributed by atoms with Crippen molar-refractivity contribution in [2.75, 3.05) is 0 Å². The fourth-order valence-electron chi connectivity index (χ4n) is 2.26. The van der Waals surface area contributed by atoms with E-state index in [2.05, 4.69) is 31.1 Å². The first-order valence-corrected chi connectivity index (χ1v) is 6.77. The highest BCUT2D eigenvalue weighted by molar-refractivity contribution is 5.37. The first-order chi connectivity index (χ1) is 9.06. The van der Waals surface area contributed by atoms with Crippen LogP contribution in [0.4, 0.5) is 0 Å². The summed E-state index contributed by atoms with van der Waals surface area (Å²) in [6.45, 7) is 7.21. The van der Waals surface area contributed by atoms with Gasteiger partial charge in [-0.2, -0.15) is 0 Å². The van der Waals surface area contributed by atoms with Crippen molar-refractivity contribution in [2.24, 2.45) is 5.92 Å². The molecule has 2 rings (SSSR count). The SMILES string of the molecule is CC(C)CC(C)NCc1cc(=O)n2ccccc2n1. The maximum atomic E-state index is 11.9. The highest BCUT2D eigenvalue weighted by Gasteiger charge is 2.06. The molecular formula is C15H21N3O. The molecule has 0 fully saturated rings. The molecule has 0 aromatic carbocycles. The van der Waals surface area contributed by atoms with Crippen LogP contribution in [0.3, 0.4) is 0 Å². The van der Waals surface area contributed by atoms with Crippen LogP contribution in [0.5, 0.6) is 0 Å². The van der Waals surface area contributed by atoms with Crippen molar-refractivity contribution in [1.29, 1.82) is 0 Å². The van der Waals surface area contributed by atoms with Gasteiger partial charge < -0.3 is 5.32 Å². The summed E-state index contributed by atoms with van der Waals surface area (Å²) in [6, 6.07) is 7.60. The standard InChI is InChI=1S/C15H21N3O/c1-11(2)8-12(3)16-10-13-9-15(19)18-7-5-4-6-14(18)17-13/h4-7,9,11-12,16H,8,10H2,1-3H3. The number of fused-ring (bicyclic) bond motifs is 1. The molecule has 1 unspecified atom stereocenters. The predicted octanol–water partition coefficient (Wildman–Crippen LogP) is 2.22. The van der Waals surface area contributed by atoms with E-state index in [1.54, 1.807) is 16.7 Å². The zero-order valence-electron chi connectivity index (χ0n) is 11.8. The predicted molar refractivity (Wildman–Crippen MR) is 77.2 cm³/mol. The fraction of sp³-hybridized carbons (Fsp3) is 0.467. The first kappa shape index (κ1) is 13.7. The summed E-state index contributed by atoms with van der Waals surface area (Å²) in [5.74, 6) is 0.665. The van der Waals surface area contributed by atoms with E-state index in [1.807, 2.05) is 18.2 Å². The third kappa shape index (κ3) is 3.64. The molecule has 102 valence electrons. The van der Waals surface area contributed by atoms with E-state index in [0.717, 1.165) is 12.1 Å². The van der Waals surface area contributed by atoms with Gasteiger partial charge in [0.15, 0.2) is 0 Å². The minimum Gasteiger partial charge on any atom is -0.309 e. The van der Waals surface area contributed by atoms with Crippen molar-refractivity contribution in [3.8, 4) is 0 Å². The second kappa shape index (κ2) is 5.97. The van der Waals surface area contributed by atoms with E-state index < -0.39 is 0 Å². The van der Waals surface area contributed by atoms with Gasteiger partial charge >= 0.3 is 0 Å². The summed E-state index contributed by atoms with van der Waals surface area (Å²) in [4.78, 5) is 16.4. The van der Waals surface area contributed by atoms with Crippen LogP contribution in [0.15, 0.2) is 35.3 Å². The Kier molecular flexibility index (Phi) is 4.32. The number of nitrogens with one attached hydrogen (secondary N) is 1. The number of pyridine rings is 1. The van der Waals surface area contributed by atoms with Gasteiger partial charge in [0.1, 0.15) is 5.65 Å². The summed E-state index contributed by atoms with van der Waals surface area (Å²) in [6.07, 6.45) is 2.86. The quantitative estimate of drug-likeness (QED) is 0.895. The highest BCUT2D eigenvalue weighted by Crippen LogP contribution is 2.05.